The lowest BCUT2D eigenvalue weighted by Gasteiger charge is -2.35. The van der Waals surface area contributed by atoms with Gasteiger partial charge in [0.25, 0.3) is 5.91 Å². The largest absolute Gasteiger partial charge is 0.496 e. The van der Waals surface area contributed by atoms with Crippen LogP contribution in [0.2, 0.25) is 0 Å². The number of nitrogens with zero attached hydrogens (tertiary/aromatic N) is 2. The number of hydrogen-bond acceptors (Lipinski definition) is 5. The molecule has 1 atom stereocenters. The quantitative estimate of drug-likeness (QED) is 0.676. The molecule has 5 nitrogen and oxygen atoms in total. The van der Waals surface area contributed by atoms with Crippen LogP contribution in [-0.2, 0) is 0 Å². The van der Waals surface area contributed by atoms with Gasteiger partial charge >= 0.3 is 0 Å². The molecule has 28 heavy (non-hydrogen) atoms. The second kappa shape index (κ2) is 10.5. The van der Waals surface area contributed by atoms with E-state index >= 15 is 0 Å². The van der Waals surface area contributed by atoms with Gasteiger partial charge in [-0.25, -0.2) is 4.98 Å². The molecule has 150 valence electrons. The van der Waals surface area contributed by atoms with Gasteiger partial charge in [-0.2, -0.15) is 0 Å². The lowest BCUT2D eigenvalue weighted by Crippen LogP contribution is -2.40. The van der Waals surface area contributed by atoms with Crippen LogP contribution in [0, 0.1) is 0 Å². The monoisotopic (exact) mass is 399 g/mol. The van der Waals surface area contributed by atoms with Crippen molar-refractivity contribution >= 4 is 17.7 Å². The maximum atomic E-state index is 12.8. The summed E-state index contributed by atoms with van der Waals surface area (Å²) in [5.41, 5.74) is 1.78. The van der Waals surface area contributed by atoms with E-state index in [0.717, 1.165) is 35.2 Å². The molecular weight excluding hydrogens is 370 g/mol. The number of thioether (sulfide) groups is 1. The van der Waals surface area contributed by atoms with Gasteiger partial charge in [-0.05, 0) is 49.9 Å². The normalized spacial score (nSPS) is 15.8. The molecule has 3 rings (SSSR count). The van der Waals surface area contributed by atoms with Crippen molar-refractivity contribution in [1.29, 1.82) is 0 Å². The number of methoxy groups -OCH3 is 1. The molecule has 1 aliphatic rings. The van der Waals surface area contributed by atoms with Crippen molar-refractivity contribution in [2.75, 3.05) is 32.5 Å². The van der Waals surface area contributed by atoms with E-state index in [2.05, 4.69) is 28.2 Å². The van der Waals surface area contributed by atoms with Gasteiger partial charge in [0.1, 0.15) is 5.75 Å². The summed E-state index contributed by atoms with van der Waals surface area (Å²) in [6.07, 6.45) is 5.37. The fourth-order valence-corrected chi connectivity index (χ4v) is 4.32. The lowest BCUT2D eigenvalue weighted by molar-refractivity contribution is 0.0923. The van der Waals surface area contributed by atoms with Crippen molar-refractivity contribution in [3.63, 3.8) is 0 Å². The Morgan fingerprint density at radius 2 is 2.04 bits per heavy atom. The van der Waals surface area contributed by atoms with Gasteiger partial charge in [0.05, 0.1) is 18.2 Å². The Morgan fingerprint density at radius 3 is 2.79 bits per heavy atom. The fourth-order valence-electron chi connectivity index (χ4n) is 3.68. The predicted molar refractivity (Wildman–Crippen MR) is 114 cm³/mol. The number of benzene rings is 1. The predicted octanol–water partition coefficient (Wildman–Crippen LogP) is 4.16. The Kier molecular flexibility index (Phi) is 7.74. The van der Waals surface area contributed by atoms with Crippen molar-refractivity contribution < 1.29 is 9.53 Å². The van der Waals surface area contributed by atoms with Gasteiger partial charge < -0.3 is 10.1 Å². The molecule has 6 heteroatoms. The molecule has 0 aliphatic carbocycles. The number of aromatic nitrogens is 1. The first-order valence-corrected chi connectivity index (χ1v) is 11.0. The maximum Gasteiger partial charge on any atom is 0.251 e. The summed E-state index contributed by atoms with van der Waals surface area (Å²) in [6.45, 7) is 4.73. The zero-order valence-corrected chi connectivity index (χ0v) is 17.5. The Morgan fingerprint density at radius 1 is 1.25 bits per heavy atom. The highest BCUT2D eigenvalue weighted by Gasteiger charge is 2.25. The van der Waals surface area contributed by atoms with E-state index < -0.39 is 0 Å². The molecule has 0 bridgehead atoms. The Labute approximate surface area is 171 Å². The molecule has 1 N–H and O–H groups in total. The SMILES string of the molecule is CCSc1cc(C(=O)NCC(c2ccccc2OC)N2CCCCC2)ccn1. The van der Waals surface area contributed by atoms with Crippen LogP contribution in [0.3, 0.4) is 0 Å². The van der Waals surface area contributed by atoms with E-state index in [-0.39, 0.29) is 11.9 Å². The van der Waals surface area contributed by atoms with Crippen LogP contribution in [0.5, 0.6) is 5.75 Å². The third kappa shape index (κ3) is 5.26. The van der Waals surface area contributed by atoms with Gasteiger partial charge in [0.15, 0.2) is 0 Å². The van der Waals surface area contributed by atoms with Crippen LogP contribution < -0.4 is 10.1 Å². The molecule has 0 saturated carbocycles. The number of ether oxygens (including phenoxy) is 1. The van der Waals surface area contributed by atoms with E-state index in [9.17, 15) is 4.79 Å². The molecule has 2 heterocycles. The van der Waals surface area contributed by atoms with Gasteiger partial charge in [-0.1, -0.05) is 31.5 Å². The van der Waals surface area contributed by atoms with E-state index in [0.29, 0.717) is 12.1 Å². The van der Waals surface area contributed by atoms with Crippen LogP contribution in [-0.4, -0.2) is 48.3 Å². The molecule has 2 aromatic rings. The number of rotatable bonds is 8. The third-order valence-corrected chi connectivity index (χ3v) is 5.88. The summed E-state index contributed by atoms with van der Waals surface area (Å²) in [7, 11) is 1.70. The summed E-state index contributed by atoms with van der Waals surface area (Å²) in [5.74, 6) is 1.75. The van der Waals surface area contributed by atoms with Crippen LogP contribution in [0.25, 0.3) is 0 Å². The van der Waals surface area contributed by atoms with Crippen LogP contribution >= 0.6 is 11.8 Å². The number of para-hydroxylation sites is 1. The van der Waals surface area contributed by atoms with Gasteiger partial charge in [-0.15, -0.1) is 11.8 Å². The van der Waals surface area contributed by atoms with Crippen molar-refractivity contribution in [2.45, 2.75) is 37.3 Å². The first-order valence-electron chi connectivity index (χ1n) is 9.97. The van der Waals surface area contributed by atoms with E-state index in [1.54, 1.807) is 31.1 Å². The number of carbonyl (C=O) groups excluding carboxylic acids is 1. The number of piperidine rings is 1. The minimum Gasteiger partial charge on any atom is -0.496 e. The zero-order chi connectivity index (χ0) is 19.8. The standard InChI is InChI=1S/C22H29N3O2S/c1-3-28-21-15-17(11-12-23-21)22(26)24-16-19(25-13-7-4-8-14-25)18-9-5-6-10-20(18)27-2/h5-6,9-12,15,19H,3-4,7-8,13-14,16H2,1-2H3,(H,24,26). The topological polar surface area (TPSA) is 54.5 Å². The molecular formula is C22H29N3O2S. The molecule has 1 amide bonds. The molecule has 1 unspecified atom stereocenters. The molecule has 1 fully saturated rings. The van der Waals surface area contributed by atoms with Gasteiger partial charge in [0, 0.05) is 23.9 Å². The zero-order valence-electron chi connectivity index (χ0n) is 16.7. The molecule has 1 aromatic heterocycles. The van der Waals surface area contributed by atoms with Crippen molar-refractivity contribution in [2.24, 2.45) is 0 Å². The molecule has 0 spiro atoms. The number of pyridine rings is 1. The summed E-state index contributed by atoms with van der Waals surface area (Å²) >= 11 is 1.64. The van der Waals surface area contributed by atoms with E-state index in [1.165, 1.54) is 19.3 Å². The smallest absolute Gasteiger partial charge is 0.251 e. The fraction of sp³-hybridized carbons (Fsp3) is 0.455. The van der Waals surface area contributed by atoms with E-state index in [1.807, 2.05) is 24.3 Å². The highest BCUT2D eigenvalue weighted by molar-refractivity contribution is 7.99. The number of carbonyl (C=O) groups is 1. The minimum atomic E-state index is -0.0581. The van der Waals surface area contributed by atoms with E-state index in [4.69, 9.17) is 4.74 Å². The second-order valence-electron chi connectivity index (χ2n) is 6.88. The average Bonchev–Trinajstić information content (AvgIpc) is 2.75. The summed E-state index contributed by atoms with van der Waals surface area (Å²) < 4.78 is 5.60. The summed E-state index contributed by atoms with van der Waals surface area (Å²) in [6, 6.07) is 11.9. The van der Waals surface area contributed by atoms with Crippen LogP contribution in [0.15, 0.2) is 47.6 Å². The van der Waals surface area contributed by atoms with Crippen molar-refractivity contribution in [1.82, 2.24) is 15.2 Å². The van der Waals surface area contributed by atoms with Gasteiger partial charge in [-0.3, -0.25) is 9.69 Å². The maximum absolute atomic E-state index is 12.8. The average molecular weight is 400 g/mol. The first kappa shape index (κ1) is 20.7. The number of hydrogen-bond donors (Lipinski definition) is 1. The van der Waals surface area contributed by atoms with Crippen molar-refractivity contribution in [3.05, 3.63) is 53.7 Å². The molecule has 1 saturated heterocycles. The molecule has 0 radical (unpaired) electrons. The highest BCUT2D eigenvalue weighted by atomic mass is 32.2. The minimum absolute atomic E-state index is 0.0581. The Hall–Kier alpha value is -2.05. The molecule has 1 aliphatic heterocycles. The summed E-state index contributed by atoms with van der Waals surface area (Å²) in [5, 5.41) is 4.02. The van der Waals surface area contributed by atoms with Gasteiger partial charge in [0.2, 0.25) is 0 Å². The first-order chi connectivity index (χ1) is 13.7. The van der Waals surface area contributed by atoms with Crippen molar-refractivity contribution in [3.8, 4) is 5.75 Å². The lowest BCUT2D eigenvalue weighted by atomic mass is 10.0. The number of nitrogens with one attached hydrogen (secondary N) is 1. The van der Waals surface area contributed by atoms with Crippen LogP contribution in [0.4, 0.5) is 0 Å². The third-order valence-electron chi connectivity index (χ3n) is 5.07. The Balaban J connectivity index is 1.76. The summed E-state index contributed by atoms with van der Waals surface area (Å²) in [4.78, 5) is 19.5. The second-order valence-corrected chi connectivity index (χ2v) is 8.16. The highest BCUT2D eigenvalue weighted by Crippen LogP contribution is 2.31. The Bertz CT molecular complexity index is 778. The number of amides is 1. The van der Waals surface area contributed by atoms with Crippen LogP contribution in [0.1, 0.15) is 48.1 Å². The molecule has 1 aromatic carbocycles. The number of likely N-dealkylation sites (tertiary alicyclic amines) is 1.